The van der Waals surface area contributed by atoms with Gasteiger partial charge in [-0.1, -0.05) is 41.6 Å². The van der Waals surface area contributed by atoms with Crippen LogP contribution in [0.25, 0.3) is 27.6 Å². The minimum absolute atomic E-state index is 0.0454. The molecular weight excluding hydrogens is 790 g/mol. The van der Waals surface area contributed by atoms with Crippen LogP contribution < -0.4 is 15.1 Å². The highest BCUT2D eigenvalue weighted by atomic mass is 19.1. The van der Waals surface area contributed by atoms with Crippen LogP contribution in [0.15, 0.2) is 73.1 Å². The van der Waals surface area contributed by atoms with E-state index in [1.54, 1.807) is 47.0 Å². The number of hydrogen-bond donors (Lipinski definition) is 2. The van der Waals surface area contributed by atoms with E-state index in [9.17, 15) is 24.0 Å². The van der Waals surface area contributed by atoms with E-state index in [1.807, 2.05) is 38.1 Å². The number of benzene rings is 3. The minimum Gasteiger partial charge on any atom is -0.371 e. The minimum atomic E-state index is -0.852. The molecule has 15 heteroatoms. The van der Waals surface area contributed by atoms with Crippen molar-refractivity contribution >= 4 is 57.4 Å². The third-order valence-corrected chi connectivity index (χ3v) is 13.1. The lowest BCUT2D eigenvalue weighted by molar-refractivity contribution is -0.136. The molecule has 2 saturated heterocycles. The van der Waals surface area contributed by atoms with Crippen molar-refractivity contribution in [2.24, 2.45) is 0 Å². The van der Waals surface area contributed by atoms with Gasteiger partial charge in [-0.2, -0.15) is 0 Å². The summed E-state index contributed by atoms with van der Waals surface area (Å²) in [6.07, 6.45) is 8.37. The summed E-state index contributed by atoms with van der Waals surface area (Å²) < 4.78 is 18.3. The number of aryl methyl sites for hydroxylation is 1. The zero-order valence-electron chi connectivity index (χ0n) is 35.4. The van der Waals surface area contributed by atoms with Crippen molar-refractivity contribution in [2.75, 3.05) is 50.1 Å². The quantitative estimate of drug-likeness (QED) is 0.177. The Morgan fingerprint density at radius 2 is 1.71 bits per heavy atom. The first kappa shape index (κ1) is 40.7. The number of piperidine rings is 2. The number of carbonyl (C=O) groups excluding carboxylic acids is 5. The SMILES string of the molecule is CN(C)C(=O)c1cc2c(-c3ccc(C4CCN(c5cccc6c5C(C)(C)C(=O)N6C5CCC(=O)NC5=O)CC4)cc3)cc(C3=CCCN(C(=O)CCn4ccnn4)C3)c(F)c2[nH]1. The van der Waals surface area contributed by atoms with Gasteiger partial charge in [0.25, 0.3) is 5.91 Å². The summed E-state index contributed by atoms with van der Waals surface area (Å²) >= 11 is 0. The monoisotopic (exact) mass is 839 g/mol. The molecule has 2 N–H and O–H groups in total. The molecule has 5 amide bonds. The molecule has 0 aliphatic carbocycles. The van der Waals surface area contributed by atoms with Crippen molar-refractivity contribution < 1.29 is 28.4 Å². The van der Waals surface area contributed by atoms with Crippen molar-refractivity contribution in [1.29, 1.82) is 0 Å². The molecule has 5 aromatic rings. The Balaban J connectivity index is 0.956. The van der Waals surface area contributed by atoms with Crippen LogP contribution in [0.2, 0.25) is 0 Å². The van der Waals surface area contributed by atoms with Crippen LogP contribution in [0.1, 0.15) is 85.5 Å². The number of hydrogen-bond acceptors (Lipinski definition) is 8. The fourth-order valence-electron chi connectivity index (χ4n) is 9.74. The first-order chi connectivity index (χ1) is 29.8. The van der Waals surface area contributed by atoms with Gasteiger partial charge in [0.1, 0.15) is 11.7 Å². The zero-order chi connectivity index (χ0) is 43.4. The van der Waals surface area contributed by atoms with Crippen LogP contribution in [0.3, 0.4) is 0 Å². The molecule has 0 saturated carbocycles. The van der Waals surface area contributed by atoms with E-state index in [0.717, 1.165) is 54.0 Å². The maximum absolute atomic E-state index is 16.6. The number of rotatable bonds is 9. The van der Waals surface area contributed by atoms with E-state index in [0.29, 0.717) is 42.5 Å². The van der Waals surface area contributed by atoms with Gasteiger partial charge in [0.05, 0.1) is 29.4 Å². The first-order valence-corrected chi connectivity index (χ1v) is 21.3. The summed E-state index contributed by atoms with van der Waals surface area (Å²) in [7, 11) is 3.32. The van der Waals surface area contributed by atoms with Gasteiger partial charge in [-0.15, -0.1) is 5.10 Å². The first-order valence-electron chi connectivity index (χ1n) is 21.3. The second-order valence-electron chi connectivity index (χ2n) is 17.5. The molecule has 14 nitrogen and oxygen atoms in total. The smallest absolute Gasteiger partial charge is 0.269 e. The Labute approximate surface area is 358 Å². The lowest BCUT2D eigenvalue weighted by Crippen LogP contribution is -2.55. The number of amides is 5. The van der Waals surface area contributed by atoms with E-state index in [1.165, 1.54) is 10.5 Å². The van der Waals surface area contributed by atoms with E-state index < -0.39 is 23.2 Å². The summed E-state index contributed by atoms with van der Waals surface area (Å²) in [4.78, 5) is 75.4. The van der Waals surface area contributed by atoms with E-state index in [2.05, 4.69) is 55.8 Å². The van der Waals surface area contributed by atoms with Crippen molar-refractivity contribution in [3.63, 3.8) is 0 Å². The predicted molar refractivity (Wildman–Crippen MR) is 233 cm³/mol. The van der Waals surface area contributed by atoms with Crippen LogP contribution in [0.4, 0.5) is 15.8 Å². The molecule has 3 aromatic carbocycles. The highest BCUT2D eigenvalue weighted by molar-refractivity contribution is 6.15. The van der Waals surface area contributed by atoms with Crippen LogP contribution in [0.5, 0.6) is 0 Å². The number of aromatic amines is 1. The Bertz CT molecular complexity index is 2640. The molecule has 62 heavy (non-hydrogen) atoms. The van der Waals surface area contributed by atoms with Crippen LogP contribution >= 0.6 is 0 Å². The Hall–Kier alpha value is -6.64. The Morgan fingerprint density at radius 1 is 0.952 bits per heavy atom. The summed E-state index contributed by atoms with van der Waals surface area (Å²) in [5.74, 6) is -1.38. The van der Waals surface area contributed by atoms with Gasteiger partial charge in [-0.25, -0.2) is 4.39 Å². The second-order valence-corrected chi connectivity index (χ2v) is 17.5. The fourth-order valence-corrected chi connectivity index (χ4v) is 9.74. The normalized spacial score (nSPS) is 19.2. The molecule has 1 unspecified atom stereocenters. The maximum Gasteiger partial charge on any atom is 0.269 e. The van der Waals surface area contributed by atoms with E-state index in [-0.39, 0.29) is 60.1 Å². The predicted octanol–water partition coefficient (Wildman–Crippen LogP) is 5.79. The maximum atomic E-state index is 16.6. The molecule has 4 aliphatic heterocycles. The van der Waals surface area contributed by atoms with Gasteiger partial charge in [0.15, 0.2) is 5.82 Å². The zero-order valence-corrected chi connectivity index (χ0v) is 35.4. The van der Waals surface area contributed by atoms with Crippen LogP contribution in [-0.4, -0.2) is 106 Å². The lowest BCUT2D eigenvalue weighted by Gasteiger charge is -2.36. The molecule has 4 aliphatic rings. The van der Waals surface area contributed by atoms with Crippen LogP contribution in [0, 0.1) is 5.82 Å². The molecule has 0 spiro atoms. The fraction of sp³-hybridized carbons (Fsp3) is 0.383. The van der Waals surface area contributed by atoms with Crippen molar-refractivity contribution in [3.05, 3.63) is 101 Å². The number of aromatic nitrogens is 4. The van der Waals surface area contributed by atoms with Crippen molar-refractivity contribution in [3.8, 4) is 11.1 Å². The average Bonchev–Trinajstić information content (AvgIpc) is 4.02. The average molecular weight is 840 g/mol. The molecule has 2 fully saturated rings. The van der Waals surface area contributed by atoms with Crippen LogP contribution in [-0.2, 0) is 31.1 Å². The molecule has 2 aromatic heterocycles. The molecule has 320 valence electrons. The summed E-state index contributed by atoms with van der Waals surface area (Å²) in [5.41, 5.74) is 6.27. The highest BCUT2D eigenvalue weighted by Gasteiger charge is 2.50. The van der Waals surface area contributed by atoms with Gasteiger partial charge in [0, 0.05) is 81.5 Å². The Morgan fingerprint density at radius 3 is 2.42 bits per heavy atom. The van der Waals surface area contributed by atoms with Gasteiger partial charge in [-0.3, -0.25) is 38.9 Å². The van der Waals surface area contributed by atoms with Gasteiger partial charge < -0.3 is 19.7 Å². The third kappa shape index (κ3) is 7.22. The van der Waals surface area contributed by atoms with Crippen molar-refractivity contribution in [1.82, 2.24) is 35.1 Å². The molecule has 0 radical (unpaired) electrons. The van der Waals surface area contributed by atoms with Gasteiger partial charge >= 0.3 is 0 Å². The largest absolute Gasteiger partial charge is 0.371 e. The third-order valence-electron chi connectivity index (χ3n) is 13.1. The standard InChI is InChI=1S/C47H50FN9O5/c1-47(2)41-36(8-5-9-37(41)57(46(47)62)38-14-15-39(58)51-44(38)60)54-21-16-29(17-22-54)28-10-12-30(13-11-28)32-25-33(42(48)43-34(32)26-35(50-43)45(61)53(3)4)31-7-6-20-55(27-31)40(59)18-23-56-24-19-49-52-56/h5,7-13,19,24-26,29,38,50H,6,14-18,20-23,27H2,1-4H3,(H,51,58,60). The molecule has 9 rings (SSSR count). The molecule has 6 heterocycles. The van der Waals surface area contributed by atoms with E-state index >= 15 is 4.39 Å². The number of H-pyrrole nitrogens is 1. The lowest BCUT2D eigenvalue weighted by atomic mass is 9.83. The molecular formula is C47H50FN9O5. The topological polar surface area (TPSA) is 157 Å². The molecule has 1 atom stereocenters. The number of fused-ring (bicyclic) bond motifs is 2. The number of nitrogens with one attached hydrogen (secondary N) is 2. The van der Waals surface area contributed by atoms with Crippen molar-refractivity contribution in [2.45, 2.75) is 76.3 Å². The number of imide groups is 1. The number of nitrogens with zero attached hydrogens (tertiary/aromatic N) is 7. The van der Waals surface area contributed by atoms with E-state index in [4.69, 9.17) is 0 Å². The summed E-state index contributed by atoms with van der Waals surface area (Å²) in [5, 5.41) is 10.8. The summed E-state index contributed by atoms with van der Waals surface area (Å²) in [6, 6.07) is 17.2. The second kappa shape index (κ2) is 16.0. The number of carbonyl (C=O) groups is 5. The number of halogens is 1. The van der Waals surface area contributed by atoms with Gasteiger partial charge in [-0.05, 0) is 92.0 Å². The molecule has 0 bridgehead atoms. The highest BCUT2D eigenvalue weighted by Crippen LogP contribution is 2.49. The Kier molecular flexibility index (Phi) is 10.5. The van der Waals surface area contributed by atoms with Gasteiger partial charge in [0.2, 0.25) is 23.6 Å². The number of anilines is 2. The summed E-state index contributed by atoms with van der Waals surface area (Å²) in [6.45, 7) is 6.57.